The first-order valence-corrected chi connectivity index (χ1v) is 5.35. The first-order chi connectivity index (χ1) is 11.0. The second kappa shape index (κ2) is 5.83. The summed E-state index contributed by atoms with van der Waals surface area (Å²) in [6.45, 7) is 0. The lowest BCUT2D eigenvalue weighted by molar-refractivity contribution is -0.434. The van der Waals surface area contributed by atoms with Gasteiger partial charge < -0.3 is 5.11 Å². The third kappa shape index (κ3) is 2.65. The van der Waals surface area contributed by atoms with E-state index in [4.69, 9.17) is 5.11 Å². The van der Waals surface area contributed by atoms with Crippen LogP contribution in [0.3, 0.4) is 0 Å². The molecule has 0 heterocycles. The Morgan fingerprint density at radius 2 is 0.846 bits per heavy atom. The maximum Gasteiger partial charge on any atom is 0.410 e. The van der Waals surface area contributed by atoms with Crippen LogP contribution in [-0.2, 0) is 9.59 Å². The van der Waals surface area contributed by atoms with Gasteiger partial charge in [-0.05, 0) is 0 Å². The first kappa shape index (κ1) is 24.2. The molecule has 0 aliphatic heterocycles. The third-order valence-electron chi connectivity index (χ3n) is 2.81. The fourth-order valence-corrected chi connectivity index (χ4v) is 1.21. The van der Waals surface area contributed by atoms with Crippen molar-refractivity contribution < 1.29 is 76.2 Å². The molecule has 0 saturated heterocycles. The minimum absolute atomic E-state index is 2.42. The van der Waals surface area contributed by atoms with Crippen LogP contribution in [0.4, 0.5) is 61.5 Å². The van der Waals surface area contributed by atoms with Crippen molar-refractivity contribution in [2.24, 2.45) is 0 Å². The summed E-state index contributed by atoms with van der Waals surface area (Å²) in [4.78, 5) is 19.4. The molecular weight excluding hydrogens is 422 g/mol. The fraction of sp³-hybridized carbons (Fsp3) is 0.778. The van der Waals surface area contributed by atoms with Crippen molar-refractivity contribution in [1.29, 1.82) is 0 Å². The largest absolute Gasteiger partial charge is 0.477 e. The Balaban J connectivity index is 6.63. The summed E-state index contributed by atoms with van der Waals surface area (Å²) >= 11 is 0. The van der Waals surface area contributed by atoms with Crippen LogP contribution in [0.15, 0.2) is 0 Å². The summed E-state index contributed by atoms with van der Waals surface area (Å²) in [5, 5.41) is 7.63. The Kier molecular flexibility index (Phi) is 5.42. The van der Waals surface area contributed by atoms with Crippen LogP contribution in [0.1, 0.15) is 0 Å². The van der Waals surface area contributed by atoms with Crippen LogP contribution < -0.4 is 0 Å². The van der Waals surface area contributed by atoms with Gasteiger partial charge in [0.2, 0.25) is 0 Å². The number of hydrogen-bond donors (Lipinski definition) is 1. The van der Waals surface area contributed by atoms with Crippen molar-refractivity contribution in [2.75, 3.05) is 0 Å². The molecule has 0 amide bonds. The number of alkyl halides is 14. The highest BCUT2D eigenvalue weighted by molar-refractivity contribution is 5.77. The van der Waals surface area contributed by atoms with E-state index in [1.165, 1.54) is 0 Å². The van der Waals surface area contributed by atoms with Gasteiger partial charge >= 0.3 is 47.4 Å². The Bertz CT molecular complexity index is 580. The number of halogens is 14. The van der Waals surface area contributed by atoms with E-state index in [-0.39, 0.29) is 0 Å². The molecule has 0 unspecified atom stereocenters. The minimum Gasteiger partial charge on any atom is -0.477 e. The Morgan fingerprint density at radius 1 is 0.577 bits per heavy atom. The van der Waals surface area contributed by atoms with Crippen LogP contribution in [0, 0.1) is 0 Å². The van der Waals surface area contributed by atoms with E-state index in [0.717, 1.165) is 0 Å². The van der Waals surface area contributed by atoms with Gasteiger partial charge in [0, 0.05) is 0 Å². The van der Waals surface area contributed by atoms with Crippen LogP contribution >= 0.6 is 0 Å². The van der Waals surface area contributed by atoms with Gasteiger partial charge in [-0.3, -0.25) is 4.79 Å². The molecule has 0 fully saturated rings. The standard InChI is InChI=1S/C9H2F14O3/c10-3(11,1-24)5(14,15)7(18,19)9(22,23)8(20,21)6(16,17)4(12,13)2(25)26/h1H,(H,25,26). The normalized spacial score (nSPS) is 15.8. The molecule has 26 heavy (non-hydrogen) atoms. The summed E-state index contributed by atoms with van der Waals surface area (Å²) in [5.74, 6) is -59.0. The van der Waals surface area contributed by atoms with E-state index in [1.54, 1.807) is 0 Å². The monoisotopic (exact) mass is 424 g/mol. The number of aliphatic carboxylic acids is 1. The van der Waals surface area contributed by atoms with Crippen molar-refractivity contribution in [3.05, 3.63) is 0 Å². The SMILES string of the molecule is O=CC(F)(F)C(F)(F)C(F)(F)C(F)(F)C(F)(F)C(F)(F)C(F)(F)C(=O)O. The van der Waals surface area contributed by atoms with E-state index in [2.05, 4.69) is 0 Å². The number of aldehydes is 1. The molecule has 17 heteroatoms. The molecule has 0 rings (SSSR count). The lowest BCUT2D eigenvalue weighted by atomic mass is 9.89. The summed E-state index contributed by atoms with van der Waals surface area (Å²) < 4.78 is 179. The highest BCUT2D eigenvalue weighted by Crippen LogP contribution is 2.61. The zero-order chi connectivity index (χ0) is 21.8. The van der Waals surface area contributed by atoms with Crippen LogP contribution in [0.5, 0.6) is 0 Å². The average Bonchev–Trinajstić information content (AvgIpc) is 2.45. The fourth-order valence-electron chi connectivity index (χ4n) is 1.21. The van der Waals surface area contributed by atoms with E-state index in [1.807, 2.05) is 0 Å². The van der Waals surface area contributed by atoms with Crippen molar-refractivity contribution in [3.8, 4) is 0 Å². The summed E-state index contributed by atoms with van der Waals surface area (Å²) in [6, 6.07) is 0. The highest BCUT2D eigenvalue weighted by Gasteiger charge is 2.93. The van der Waals surface area contributed by atoms with E-state index >= 15 is 0 Å². The topological polar surface area (TPSA) is 54.4 Å². The number of rotatable bonds is 8. The zero-order valence-corrected chi connectivity index (χ0v) is 11.1. The van der Waals surface area contributed by atoms with E-state index in [0.29, 0.717) is 0 Å². The van der Waals surface area contributed by atoms with Gasteiger partial charge in [-0.25, -0.2) is 4.79 Å². The number of carbonyl (C=O) groups excluding carboxylic acids is 1. The van der Waals surface area contributed by atoms with Crippen molar-refractivity contribution >= 4 is 12.3 Å². The second-order valence-electron chi connectivity index (χ2n) is 4.49. The second-order valence-corrected chi connectivity index (χ2v) is 4.49. The molecule has 0 bridgehead atoms. The van der Waals surface area contributed by atoms with Gasteiger partial charge in [0.05, 0.1) is 0 Å². The van der Waals surface area contributed by atoms with Crippen molar-refractivity contribution in [1.82, 2.24) is 0 Å². The van der Waals surface area contributed by atoms with Crippen LogP contribution in [0.25, 0.3) is 0 Å². The molecule has 0 aromatic heterocycles. The number of carboxylic acids is 1. The molecule has 1 N–H and O–H groups in total. The molecule has 0 aromatic carbocycles. The van der Waals surface area contributed by atoms with Crippen LogP contribution in [0.2, 0.25) is 0 Å². The van der Waals surface area contributed by atoms with Crippen LogP contribution in [-0.4, -0.2) is 58.8 Å². The molecule has 154 valence electrons. The van der Waals surface area contributed by atoms with E-state index < -0.39 is 53.7 Å². The highest BCUT2D eigenvalue weighted by atomic mass is 19.4. The molecule has 0 radical (unpaired) electrons. The van der Waals surface area contributed by atoms with Crippen molar-refractivity contribution in [2.45, 2.75) is 41.5 Å². The molecule has 0 spiro atoms. The summed E-state index contributed by atoms with van der Waals surface area (Å²) in [7, 11) is 0. The quantitative estimate of drug-likeness (QED) is 0.478. The van der Waals surface area contributed by atoms with Gasteiger partial charge in [0.25, 0.3) is 0 Å². The first-order valence-electron chi connectivity index (χ1n) is 5.35. The minimum atomic E-state index is -8.39. The Morgan fingerprint density at radius 3 is 1.12 bits per heavy atom. The zero-order valence-electron chi connectivity index (χ0n) is 11.1. The third-order valence-corrected chi connectivity index (χ3v) is 2.81. The lowest BCUT2D eigenvalue weighted by Crippen LogP contribution is -2.73. The molecule has 0 atom stereocenters. The van der Waals surface area contributed by atoms with Gasteiger partial charge in [-0.15, -0.1) is 0 Å². The average molecular weight is 424 g/mol. The molecule has 0 aliphatic carbocycles. The maximum absolute atomic E-state index is 13.0. The van der Waals surface area contributed by atoms with E-state index in [9.17, 15) is 71.1 Å². The number of carbonyl (C=O) groups is 2. The predicted octanol–water partition coefficient (Wildman–Crippen LogP) is 3.72. The maximum atomic E-state index is 13.0. The van der Waals surface area contributed by atoms with Gasteiger partial charge in [0.15, 0.2) is 6.29 Å². The Hall–Kier alpha value is -1.84. The predicted molar refractivity (Wildman–Crippen MR) is 48.3 cm³/mol. The summed E-state index contributed by atoms with van der Waals surface area (Å²) in [5.41, 5.74) is 0. The molecule has 0 saturated carbocycles. The van der Waals surface area contributed by atoms with Crippen molar-refractivity contribution in [3.63, 3.8) is 0 Å². The molecule has 3 nitrogen and oxygen atoms in total. The smallest absolute Gasteiger partial charge is 0.410 e. The summed E-state index contributed by atoms with van der Waals surface area (Å²) in [6.07, 6.45) is -2.42. The molecular formula is C9H2F14O3. The Labute approximate surface area is 131 Å². The number of carboxylic acid groups (broad SMARTS) is 1. The molecule has 0 aliphatic rings. The van der Waals surface area contributed by atoms with Gasteiger partial charge in [-0.2, -0.15) is 61.5 Å². The molecule has 0 aromatic rings. The lowest BCUT2D eigenvalue weighted by Gasteiger charge is -2.41. The number of hydrogen-bond acceptors (Lipinski definition) is 2. The van der Waals surface area contributed by atoms with Gasteiger partial charge in [-0.1, -0.05) is 0 Å². The van der Waals surface area contributed by atoms with Gasteiger partial charge in [0.1, 0.15) is 0 Å².